The van der Waals surface area contributed by atoms with E-state index in [1.807, 2.05) is 0 Å². The van der Waals surface area contributed by atoms with Gasteiger partial charge in [0.25, 0.3) is 0 Å². The topological polar surface area (TPSA) is 4.93 Å². The van der Waals surface area contributed by atoms with Crippen LogP contribution < -0.4 is 0 Å². The number of hydrogen-bond acceptors (Lipinski definition) is 0. The Kier molecular flexibility index (Phi) is 7.39. The summed E-state index contributed by atoms with van der Waals surface area (Å²) in [7, 11) is 0. The third-order valence-corrected chi connectivity index (χ3v) is 17.2. The van der Waals surface area contributed by atoms with Gasteiger partial charge in [-0.2, -0.15) is 0 Å². The molecule has 256 valence electrons. The van der Waals surface area contributed by atoms with Gasteiger partial charge in [-0.3, -0.25) is 0 Å². The lowest BCUT2D eigenvalue weighted by Crippen LogP contribution is -2.57. The van der Waals surface area contributed by atoms with E-state index < -0.39 is 0 Å². The average Bonchev–Trinajstić information content (AvgIpc) is 3.52. The Hall–Kier alpha value is -2.54. The van der Waals surface area contributed by atoms with Crippen molar-refractivity contribution in [2.45, 2.75) is 115 Å². The van der Waals surface area contributed by atoms with Crippen LogP contribution in [-0.2, 0) is 0 Å². The van der Waals surface area contributed by atoms with E-state index in [0.717, 1.165) is 76.9 Å². The summed E-state index contributed by atoms with van der Waals surface area (Å²) in [6.07, 6.45) is 26.4. The average molecular weight is 650 g/mol. The maximum atomic E-state index is 2.60. The number of para-hydroxylation sites is 2. The number of hydrogen-bond donors (Lipinski definition) is 0. The van der Waals surface area contributed by atoms with E-state index in [9.17, 15) is 0 Å². The predicted octanol–water partition coefficient (Wildman–Crippen LogP) is 13.0. The van der Waals surface area contributed by atoms with E-state index in [0.29, 0.717) is 0 Å². The summed E-state index contributed by atoms with van der Waals surface area (Å²) >= 11 is 0. The van der Waals surface area contributed by atoms with Gasteiger partial charge in [-0.15, -0.1) is 0 Å². The van der Waals surface area contributed by atoms with Gasteiger partial charge in [0.1, 0.15) is 0 Å². The fourth-order valence-electron chi connectivity index (χ4n) is 15.7. The monoisotopic (exact) mass is 649 g/mol. The van der Waals surface area contributed by atoms with Gasteiger partial charge in [-0.25, -0.2) is 0 Å². The van der Waals surface area contributed by atoms with Crippen LogP contribution in [-0.4, -0.2) is 4.57 Å². The van der Waals surface area contributed by atoms with E-state index in [4.69, 9.17) is 0 Å². The van der Waals surface area contributed by atoms with Crippen molar-refractivity contribution in [2.75, 3.05) is 0 Å². The summed E-state index contributed by atoms with van der Waals surface area (Å²) in [6, 6.07) is 27.9. The van der Waals surface area contributed by atoms with Crippen molar-refractivity contribution in [3.63, 3.8) is 0 Å². The Morgan fingerprint density at radius 1 is 0.367 bits per heavy atom. The molecular formula is C48H59N. The first-order chi connectivity index (χ1) is 24.3. The van der Waals surface area contributed by atoms with Gasteiger partial charge in [0.15, 0.2) is 0 Å². The molecule has 0 N–H and O–H groups in total. The molecule has 3 aromatic carbocycles. The third kappa shape index (κ3) is 4.68. The molecule has 7 aliphatic rings. The molecule has 7 fully saturated rings. The molecule has 0 bridgehead atoms. The molecule has 1 heteroatoms. The van der Waals surface area contributed by atoms with E-state index in [-0.39, 0.29) is 0 Å². The van der Waals surface area contributed by atoms with Crippen molar-refractivity contribution in [3.05, 3.63) is 78.4 Å². The summed E-state index contributed by atoms with van der Waals surface area (Å²) in [5.74, 6) is 13.5. The first-order valence-electron chi connectivity index (χ1n) is 21.4. The van der Waals surface area contributed by atoms with Crippen LogP contribution in [0.5, 0.6) is 0 Å². The molecule has 0 spiro atoms. The quantitative estimate of drug-likeness (QED) is 0.204. The highest BCUT2D eigenvalue weighted by atomic mass is 15.0. The molecule has 0 saturated heterocycles. The number of fused-ring (bicyclic) bond motifs is 15. The summed E-state index contributed by atoms with van der Waals surface area (Å²) < 4.78 is 2.54. The van der Waals surface area contributed by atoms with Crippen molar-refractivity contribution in [3.8, 4) is 5.69 Å². The van der Waals surface area contributed by atoms with Crippen LogP contribution in [0.15, 0.2) is 72.8 Å². The minimum atomic E-state index is 0.727. The Balaban J connectivity index is 0.913. The van der Waals surface area contributed by atoms with Crippen molar-refractivity contribution >= 4 is 21.8 Å². The fraction of sp³-hybridized carbons (Fsp3) is 0.625. The molecule has 0 aliphatic heterocycles. The fourth-order valence-corrected chi connectivity index (χ4v) is 15.7. The molecule has 1 heterocycles. The van der Waals surface area contributed by atoms with Gasteiger partial charge in [-0.1, -0.05) is 87.1 Å². The second kappa shape index (κ2) is 12.0. The van der Waals surface area contributed by atoms with Gasteiger partial charge in [-0.05, 0) is 177 Å². The molecule has 0 amide bonds. The van der Waals surface area contributed by atoms with Crippen LogP contribution in [0.1, 0.15) is 121 Å². The van der Waals surface area contributed by atoms with Crippen molar-refractivity contribution in [1.82, 2.24) is 4.57 Å². The second-order valence-corrected chi connectivity index (χ2v) is 18.8. The van der Waals surface area contributed by atoms with Crippen molar-refractivity contribution in [2.24, 2.45) is 71.0 Å². The molecule has 4 aromatic rings. The molecule has 1 aromatic heterocycles. The molecule has 7 aliphatic carbocycles. The van der Waals surface area contributed by atoms with Crippen LogP contribution in [0.2, 0.25) is 0 Å². The van der Waals surface area contributed by atoms with E-state index in [1.165, 1.54) is 59.6 Å². The molecule has 7 saturated carbocycles. The Morgan fingerprint density at radius 2 is 0.796 bits per heavy atom. The van der Waals surface area contributed by atoms with Crippen LogP contribution in [0.3, 0.4) is 0 Å². The van der Waals surface area contributed by atoms with Gasteiger partial charge in [0, 0.05) is 16.5 Å². The van der Waals surface area contributed by atoms with E-state index in [1.54, 1.807) is 82.6 Å². The van der Waals surface area contributed by atoms with Gasteiger partial charge in [0.2, 0.25) is 0 Å². The molecular weight excluding hydrogens is 591 g/mol. The molecule has 11 rings (SSSR count). The van der Waals surface area contributed by atoms with Gasteiger partial charge < -0.3 is 4.57 Å². The standard InChI is InChI=1S/C48H59N/c1-3-16-35-33(14-1)34-15-2-4-17-36(34)44-29-46-39-25-24-31(27-42(39)37-18-5-6-19-38(37)45(46)28-43(35)44)30-12-11-13-32(26-30)49-47-22-9-7-20-40(47)41-21-8-10-23-48(41)49/h7-13,20-23,26,31,33-39,42-46H,1-6,14-19,24-25,27-29H2. The zero-order valence-electron chi connectivity index (χ0n) is 29.9. The SMILES string of the molecule is c1cc(C2CCC3C(C2)C2CCCCC2C2CC4C5CCCCC5C5CCCCC5C4CC32)cc(-n2c3ccccc3c3ccccc32)c1. The minimum Gasteiger partial charge on any atom is -0.309 e. The largest absolute Gasteiger partial charge is 0.309 e. The molecule has 0 radical (unpaired) electrons. The Labute approximate surface area is 295 Å². The second-order valence-electron chi connectivity index (χ2n) is 18.8. The maximum Gasteiger partial charge on any atom is 0.0541 e. The van der Waals surface area contributed by atoms with E-state index in [2.05, 4.69) is 77.4 Å². The highest BCUT2D eigenvalue weighted by molar-refractivity contribution is 6.09. The van der Waals surface area contributed by atoms with Crippen LogP contribution in [0.25, 0.3) is 27.5 Å². The molecule has 1 nitrogen and oxygen atoms in total. The highest BCUT2D eigenvalue weighted by Crippen LogP contribution is 2.67. The molecule has 49 heavy (non-hydrogen) atoms. The first-order valence-corrected chi connectivity index (χ1v) is 21.4. The zero-order chi connectivity index (χ0) is 32.1. The normalized spacial score (nSPS) is 41.5. The van der Waals surface area contributed by atoms with Crippen LogP contribution in [0, 0.1) is 71.0 Å². The number of rotatable bonds is 2. The summed E-state index contributed by atoms with van der Waals surface area (Å²) in [5, 5.41) is 2.74. The van der Waals surface area contributed by atoms with Gasteiger partial charge >= 0.3 is 0 Å². The Bertz CT molecular complexity index is 1780. The lowest BCUT2D eigenvalue weighted by atomic mass is 9.40. The summed E-state index contributed by atoms with van der Waals surface area (Å²) in [6.45, 7) is 0. The number of aromatic nitrogens is 1. The number of benzene rings is 3. The van der Waals surface area contributed by atoms with Gasteiger partial charge in [0.05, 0.1) is 11.0 Å². The smallest absolute Gasteiger partial charge is 0.0541 e. The lowest BCUT2D eigenvalue weighted by Gasteiger charge is -2.65. The first kappa shape index (κ1) is 30.1. The Morgan fingerprint density at radius 3 is 1.31 bits per heavy atom. The summed E-state index contributed by atoms with van der Waals surface area (Å²) in [4.78, 5) is 0. The summed E-state index contributed by atoms with van der Waals surface area (Å²) in [5.41, 5.74) is 5.66. The predicted molar refractivity (Wildman–Crippen MR) is 204 cm³/mol. The minimum absolute atomic E-state index is 0.727. The maximum absolute atomic E-state index is 2.60. The highest BCUT2D eigenvalue weighted by Gasteiger charge is 2.59. The molecule has 13 unspecified atom stereocenters. The lowest BCUT2D eigenvalue weighted by molar-refractivity contribution is -0.155. The number of nitrogens with zero attached hydrogens (tertiary/aromatic N) is 1. The molecule has 13 atom stereocenters. The van der Waals surface area contributed by atoms with Crippen molar-refractivity contribution in [1.29, 1.82) is 0 Å². The van der Waals surface area contributed by atoms with Crippen LogP contribution >= 0.6 is 0 Å². The zero-order valence-corrected chi connectivity index (χ0v) is 29.9. The van der Waals surface area contributed by atoms with Crippen molar-refractivity contribution < 1.29 is 0 Å². The van der Waals surface area contributed by atoms with E-state index >= 15 is 0 Å². The van der Waals surface area contributed by atoms with Crippen LogP contribution in [0.4, 0.5) is 0 Å². The third-order valence-electron chi connectivity index (χ3n) is 17.2.